The number of benzene rings is 1. The number of rotatable bonds is 4. The number of likely N-dealkylation sites (N-methyl/N-ethyl adjacent to an activating group) is 1. The maximum Gasteiger partial charge on any atom is 0.271 e. The molecule has 1 fully saturated rings. The molecule has 7 nitrogen and oxygen atoms in total. The van der Waals surface area contributed by atoms with Gasteiger partial charge in [-0.3, -0.25) is 14.9 Å². The lowest BCUT2D eigenvalue weighted by atomic mass is 10.1. The summed E-state index contributed by atoms with van der Waals surface area (Å²) in [5, 5.41) is 14.1. The maximum absolute atomic E-state index is 12.2. The topological polar surface area (TPSA) is 78.7 Å². The zero-order chi connectivity index (χ0) is 15.4. The summed E-state index contributed by atoms with van der Waals surface area (Å²) in [4.78, 5) is 26.3. The number of nitro benzene ring substituents is 1. The highest BCUT2D eigenvalue weighted by atomic mass is 16.6. The van der Waals surface area contributed by atoms with Gasteiger partial charge in [-0.15, -0.1) is 0 Å². The van der Waals surface area contributed by atoms with E-state index in [-0.39, 0.29) is 18.1 Å². The Hall–Kier alpha value is -2.15. The third-order valence-electron chi connectivity index (χ3n) is 3.66. The Labute approximate surface area is 123 Å². The number of carbonyl (C=O) groups is 1. The summed E-state index contributed by atoms with van der Waals surface area (Å²) < 4.78 is 0. The van der Waals surface area contributed by atoms with Gasteiger partial charge in [-0.2, -0.15) is 0 Å². The predicted octanol–water partition coefficient (Wildman–Crippen LogP) is 0.771. The summed E-state index contributed by atoms with van der Waals surface area (Å²) in [7, 11) is 1.78. The second-order valence-electron chi connectivity index (χ2n) is 5.21. The van der Waals surface area contributed by atoms with E-state index in [1.165, 1.54) is 12.1 Å². The number of amides is 1. The van der Waals surface area contributed by atoms with Gasteiger partial charge in [-0.1, -0.05) is 6.07 Å². The first-order valence-corrected chi connectivity index (χ1v) is 6.93. The third-order valence-corrected chi connectivity index (χ3v) is 3.66. The van der Waals surface area contributed by atoms with E-state index >= 15 is 0 Å². The molecule has 0 spiro atoms. The molecule has 1 heterocycles. The Morgan fingerprint density at radius 1 is 1.43 bits per heavy atom. The first kappa shape index (κ1) is 15.2. The van der Waals surface area contributed by atoms with Gasteiger partial charge in [0.2, 0.25) is 5.91 Å². The number of nitrogens with zero attached hydrogens (tertiary/aromatic N) is 3. The van der Waals surface area contributed by atoms with Crippen LogP contribution in [0.1, 0.15) is 5.56 Å². The van der Waals surface area contributed by atoms with Crippen LogP contribution in [-0.4, -0.2) is 55.5 Å². The Bertz CT molecular complexity index is 541. The van der Waals surface area contributed by atoms with Crippen molar-refractivity contribution in [3.63, 3.8) is 0 Å². The molecule has 1 aliphatic rings. The molecule has 1 aromatic rings. The summed E-state index contributed by atoms with van der Waals surface area (Å²) in [6, 6.07) is 4.70. The van der Waals surface area contributed by atoms with E-state index in [1.807, 2.05) is 11.8 Å². The Morgan fingerprint density at radius 2 is 2.10 bits per heavy atom. The smallest absolute Gasteiger partial charge is 0.271 e. The van der Waals surface area contributed by atoms with Crippen molar-refractivity contribution in [1.29, 1.82) is 0 Å². The average molecular weight is 292 g/mol. The maximum atomic E-state index is 12.2. The monoisotopic (exact) mass is 292 g/mol. The van der Waals surface area contributed by atoms with Crippen LogP contribution in [0.15, 0.2) is 18.2 Å². The summed E-state index contributed by atoms with van der Waals surface area (Å²) in [6.45, 7) is 5.14. The molecule has 1 amide bonds. The highest BCUT2D eigenvalue weighted by molar-refractivity contribution is 5.82. The third kappa shape index (κ3) is 3.69. The molecule has 7 heteroatoms. The van der Waals surface area contributed by atoms with Crippen molar-refractivity contribution in [2.24, 2.45) is 0 Å². The molecule has 0 unspecified atom stereocenters. The number of non-ortho nitro benzene ring substituents is 1. The van der Waals surface area contributed by atoms with E-state index < -0.39 is 4.92 Å². The second-order valence-corrected chi connectivity index (χ2v) is 5.21. The Kier molecular flexibility index (Phi) is 4.74. The van der Waals surface area contributed by atoms with Crippen LogP contribution in [0.5, 0.6) is 0 Å². The highest BCUT2D eigenvalue weighted by Gasteiger charge is 2.19. The number of hydrogen-bond donors (Lipinski definition) is 1. The number of hydrogen-bond acceptors (Lipinski definition) is 5. The van der Waals surface area contributed by atoms with E-state index in [2.05, 4.69) is 5.32 Å². The molecule has 114 valence electrons. The van der Waals surface area contributed by atoms with Gasteiger partial charge in [0.1, 0.15) is 0 Å². The van der Waals surface area contributed by atoms with Crippen LogP contribution in [0.2, 0.25) is 0 Å². The quantitative estimate of drug-likeness (QED) is 0.655. The first-order valence-electron chi connectivity index (χ1n) is 6.93. The van der Waals surface area contributed by atoms with Gasteiger partial charge < -0.3 is 15.1 Å². The van der Waals surface area contributed by atoms with Crippen molar-refractivity contribution in [3.8, 4) is 0 Å². The zero-order valence-corrected chi connectivity index (χ0v) is 12.3. The highest BCUT2D eigenvalue weighted by Crippen LogP contribution is 2.24. The first-order chi connectivity index (χ1) is 9.99. The number of aryl methyl sites for hydroxylation is 1. The van der Waals surface area contributed by atoms with Gasteiger partial charge in [0, 0.05) is 51.0 Å². The normalized spacial score (nSPS) is 14.9. The minimum atomic E-state index is -0.422. The van der Waals surface area contributed by atoms with E-state index in [0.29, 0.717) is 18.8 Å². The van der Waals surface area contributed by atoms with Gasteiger partial charge in [0.15, 0.2) is 0 Å². The molecule has 0 aromatic heterocycles. The van der Waals surface area contributed by atoms with Crippen LogP contribution in [0.3, 0.4) is 0 Å². The fourth-order valence-corrected chi connectivity index (χ4v) is 2.42. The van der Waals surface area contributed by atoms with E-state index in [9.17, 15) is 14.9 Å². The molecule has 2 rings (SSSR count). The van der Waals surface area contributed by atoms with Gasteiger partial charge in [-0.25, -0.2) is 0 Å². The summed E-state index contributed by atoms with van der Waals surface area (Å²) >= 11 is 0. The van der Waals surface area contributed by atoms with Crippen molar-refractivity contribution in [2.75, 3.05) is 44.7 Å². The number of nitro groups is 1. The molecule has 1 N–H and O–H groups in total. The Balaban J connectivity index is 2.08. The molecular weight excluding hydrogens is 272 g/mol. The van der Waals surface area contributed by atoms with Crippen LogP contribution >= 0.6 is 0 Å². The van der Waals surface area contributed by atoms with Crippen molar-refractivity contribution in [1.82, 2.24) is 10.2 Å². The predicted molar refractivity (Wildman–Crippen MR) is 80.6 cm³/mol. The zero-order valence-electron chi connectivity index (χ0n) is 12.3. The van der Waals surface area contributed by atoms with Crippen LogP contribution < -0.4 is 10.2 Å². The van der Waals surface area contributed by atoms with E-state index in [4.69, 9.17) is 0 Å². The van der Waals surface area contributed by atoms with Crippen LogP contribution in [-0.2, 0) is 4.79 Å². The number of carbonyl (C=O) groups excluding carboxylic acids is 1. The second kappa shape index (κ2) is 6.53. The molecule has 1 aliphatic heterocycles. The van der Waals surface area contributed by atoms with Crippen molar-refractivity contribution < 1.29 is 9.72 Å². The van der Waals surface area contributed by atoms with Crippen molar-refractivity contribution in [2.45, 2.75) is 6.92 Å². The number of piperazine rings is 1. The minimum absolute atomic E-state index is 0.0390. The minimum Gasteiger partial charge on any atom is -0.365 e. The lowest BCUT2D eigenvalue weighted by molar-refractivity contribution is -0.384. The summed E-state index contributed by atoms with van der Waals surface area (Å²) in [6.07, 6.45) is 0. The van der Waals surface area contributed by atoms with Gasteiger partial charge in [-0.05, 0) is 12.5 Å². The van der Waals surface area contributed by atoms with E-state index in [0.717, 1.165) is 18.7 Å². The lowest BCUT2D eigenvalue weighted by Crippen LogP contribution is -2.49. The molecule has 0 radical (unpaired) electrons. The molecule has 0 bridgehead atoms. The fraction of sp³-hybridized carbons (Fsp3) is 0.500. The molecule has 0 saturated carbocycles. The summed E-state index contributed by atoms with van der Waals surface area (Å²) in [5.41, 5.74) is 1.67. The molecule has 0 atom stereocenters. The van der Waals surface area contributed by atoms with Crippen LogP contribution in [0.25, 0.3) is 0 Å². The van der Waals surface area contributed by atoms with Crippen LogP contribution in [0, 0.1) is 17.0 Å². The molecule has 21 heavy (non-hydrogen) atoms. The standard InChI is InChI=1S/C14H20N4O3/c1-11-3-4-12(18(20)21)9-13(11)16(2)10-14(19)17-7-5-15-6-8-17/h3-4,9,15H,5-8,10H2,1-2H3. The molecular formula is C14H20N4O3. The van der Waals surface area contributed by atoms with Gasteiger partial charge in [0.05, 0.1) is 11.5 Å². The van der Waals surface area contributed by atoms with Gasteiger partial charge >= 0.3 is 0 Å². The van der Waals surface area contributed by atoms with Crippen molar-refractivity contribution in [3.05, 3.63) is 33.9 Å². The van der Waals surface area contributed by atoms with Crippen LogP contribution in [0.4, 0.5) is 11.4 Å². The average Bonchev–Trinajstić information content (AvgIpc) is 2.48. The SMILES string of the molecule is Cc1ccc([N+](=O)[O-])cc1N(C)CC(=O)N1CCNCC1. The van der Waals surface area contributed by atoms with Crippen molar-refractivity contribution >= 4 is 17.3 Å². The Morgan fingerprint density at radius 3 is 2.71 bits per heavy atom. The lowest BCUT2D eigenvalue weighted by Gasteiger charge is -2.30. The number of nitrogens with one attached hydrogen (secondary N) is 1. The van der Waals surface area contributed by atoms with Gasteiger partial charge in [0.25, 0.3) is 5.69 Å². The van der Waals surface area contributed by atoms with E-state index in [1.54, 1.807) is 18.0 Å². The number of anilines is 1. The molecule has 1 aromatic carbocycles. The summed E-state index contributed by atoms with van der Waals surface area (Å²) in [5.74, 6) is 0.0462. The largest absolute Gasteiger partial charge is 0.365 e. The fourth-order valence-electron chi connectivity index (χ4n) is 2.42. The molecule has 1 saturated heterocycles. The molecule has 0 aliphatic carbocycles.